The average molecular weight is 267 g/mol. The Hall–Kier alpha value is -1.40. The Morgan fingerprint density at radius 3 is 2.94 bits per heavy atom. The van der Waals surface area contributed by atoms with E-state index in [-0.39, 0.29) is 6.10 Å². The van der Waals surface area contributed by atoms with Gasteiger partial charge in [0.25, 0.3) is 5.89 Å². The molecule has 5 nitrogen and oxygen atoms in total. The normalized spacial score (nSPS) is 12.8. The molecule has 0 aromatic carbocycles. The maximum atomic E-state index is 5.83. The molecule has 0 spiro atoms. The van der Waals surface area contributed by atoms with E-state index in [1.54, 1.807) is 0 Å². The van der Waals surface area contributed by atoms with Crippen LogP contribution in [0.2, 0.25) is 0 Å². The second-order valence-corrected chi connectivity index (χ2v) is 4.84. The number of nitrogens with zero attached hydrogens (tertiary/aromatic N) is 2. The minimum atomic E-state index is -0.0997. The third kappa shape index (κ3) is 2.70. The van der Waals surface area contributed by atoms with Gasteiger partial charge < -0.3 is 15.0 Å². The molecule has 98 valence electrons. The number of ether oxygens (including phenoxy) is 1. The van der Waals surface area contributed by atoms with Gasteiger partial charge in [-0.15, -0.1) is 11.3 Å². The van der Waals surface area contributed by atoms with Crippen molar-refractivity contribution in [3.8, 4) is 11.5 Å². The minimum Gasteiger partial charge on any atom is -0.390 e. The molecule has 6 heteroatoms. The van der Waals surface area contributed by atoms with E-state index in [9.17, 15) is 0 Å². The Bertz CT molecular complexity index is 489. The van der Waals surface area contributed by atoms with Crippen LogP contribution in [-0.2, 0) is 4.74 Å². The summed E-state index contributed by atoms with van der Waals surface area (Å²) in [7, 11) is 0. The fraction of sp³-hybridized carbons (Fsp3) is 0.500. The van der Waals surface area contributed by atoms with E-state index >= 15 is 0 Å². The predicted molar refractivity (Wildman–Crippen MR) is 71.3 cm³/mol. The molecule has 2 rings (SSSR count). The quantitative estimate of drug-likeness (QED) is 0.869. The van der Waals surface area contributed by atoms with Crippen molar-refractivity contribution in [3.63, 3.8) is 0 Å². The van der Waals surface area contributed by atoms with Gasteiger partial charge in [0.1, 0.15) is 6.10 Å². The highest BCUT2D eigenvalue weighted by Gasteiger charge is 2.19. The Balaban J connectivity index is 2.21. The molecular weight excluding hydrogens is 250 g/mol. The topological polar surface area (TPSA) is 74.2 Å². The molecule has 0 aliphatic rings. The summed E-state index contributed by atoms with van der Waals surface area (Å²) < 4.78 is 10.9. The lowest BCUT2D eigenvalue weighted by Gasteiger charge is -2.10. The first-order chi connectivity index (χ1) is 8.76. The number of nitrogens with two attached hydrogens (primary N) is 1. The van der Waals surface area contributed by atoms with Crippen molar-refractivity contribution in [2.45, 2.75) is 32.8 Å². The monoisotopic (exact) mass is 267 g/mol. The van der Waals surface area contributed by atoms with Gasteiger partial charge in [-0.3, -0.25) is 0 Å². The number of hydrogen-bond donors (Lipinski definition) is 1. The molecule has 2 heterocycles. The lowest BCUT2D eigenvalue weighted by atomic mass is 10.2. The molecular formula is C12H17N3O2S. The van der Waals surface area contributed by atoms with Gasteiger partial charge in [-0.05, 0) is 24.8 Å². The molecule has 0 saturated carbocycles. The van der Waals surface area contributed by atoms with E-state index in [0.717, 1.165) is 18.4 Å². The average Bonchev–Trinajstić information content (AvgIpc) is 2.97. The third-order valence-electron chi connectivity index (χ3n) is 2.57. The molecule has 2 N–H and O–H groups in total. The first kappa shape index (κ1) is 13.0. The van der Waals surface area contributed by atoms with Crippen molar-refractivity contribution in [2.24, 2.45) is 0 Å². The van der Waals surface area contributed by atoms with Crippen molar-refractivity contribution >= 4 is 16.3 Å². The molecule has 0 bridgehead atoms. The number of anilines is 1. The van der Waals surface area contributed by atoms with Gasteiger partial charge >= 0.3 is 0 Å². The molecule has 1 unspecified atom stereocenters. The summed E-state index contributed by atoms with van der Waals surface area (Å²) in [6, 6.07) is 1.88. The molecule has 0 amide bonds. The van der Waals surface area contributed by atoms with Crippen LogP contribution in [0.5, 0.6) is 0 Å². The Kier molecular flexibility index (Phi) is 4.33. The smallest absolute Gasteiger partial charge is 0.261 e. The van der Waals surface area contributed by atoms with E-state index in [1.807, 2.05) is 18.4 Å². The van der Waals surface area contributed by atoms with Crippen molar-refractivity contribution < 1.29 is 9.26 Å². The predicted octanol–water partition coefficient (Wildman–Crippen LogP) is 3.26. The minimum absolute atomic E-state index is 0.0997. The molecule has 0 radical (unpaired) electrons. The summed E-state index contributed by atoms with van der Waals surface area (Å²) in [5, 5.41) is 6.58. The zero-order valence-corrected chi connectivity index (χ0v) is 11.4. The van der Waals surface area contributed by atoms with Gasteiger partial charge in [-0.2, -0.15) is 4.98 Å². The van der Waals surface area contributed by atoms with Crippen molar-refractivity contribution in [3.05, 3.63) is 17.3 Å². The Labute approximate surface area is 110 Å². The molecule has 1 atom stereocenters. The molecule has 2 aromatic rings. The van der Waals surface area contributed by atoms with Gasteiger partial charge in [0.15, 0.2) is 0 Å². The lowest BCUT2D eigenvalue weighted by molar-refractivity contribution is 0.0478. The van der Waals surface area contributed by atoms with Crippen LogP contribution in [0.15, 0.2) is 16.0 Å². The zero-order valence-electron chi connectivity index (χ0n) is 10.5. The molecule has 18 heavy (non-hydrogen) atoms. The van der Waals surface area contributed by atoms with Crippen LogP contribution in [0.3, 0.4) is 0 Å². The van der Waals surface area contributed by atoms with Crippen molar-refractivity contribution in [2.75, 3.05) is 12.3 Å². The lowest BCUT2D eigenvalue weighted by Crippen LogP contribution is -2.05. The number of thiophene rings is 1. The van der Waals surface area contributed by atoms with Crippen molar-refractivity contribution in [1.82, 2.24) is 10.1 Å². The van der Waals surface area contributed by atoms with Gasteiger partial charge in [0.2, 0.25) is 5.82 Å². The zero-order chi connectivity index (χ0) is 13.0. The third-order valence-corrected chi connectivity index (χ3v) is 3.32. The standard InChI is InChI=1S/C12H17N3O2S/c1-3-5-9(16-4-2)11-14-12(17-15-11)8-6-7-18-10(8)13/h6-7,9H,3-5,13H2,1-2H3. The van der Waals surface area contributed by atoms with Gasteiger partial charge in [-0.1, -0.05) is 18.5 Å². The first-order valence-corrected chi connectivity index (χ1v) is 6.92. The number of rotatable bonds is 6. The Morgan fingerprint density at radius 2 is 2.33 bits per heavy atom. The number of hydrogen-bond acceptors (Lipinski definition) is 6. The first-order valence-electron chi connectivity index (χ1n) is 6.04. The fourth-order valence-electron chi connectivity index (χ4n) is 1.72. The SMILES string of the molecule is CCCC(OCC)c1noc(-c2ccsc2N)n1. The number of aromatic nitrogens is 2. The summed E-state index contributed by atoms with van der Waals surface area (Å²) in [6.45, 7) is 4.69. The van der Waals surface area contributed by atoms with E-state index in [2.05, 4.69) is 17.1 Å². The van der Waals surface area contributed by atoms with E-state index in [1.165, 1.54) is 11.3 Å². The van der Waals surface area contributed by atoms with Crippen LogP contribution >= 0.6 is 11.3 Å². The van der Waals surface area contributed by atoms with Gasteiger partial charge in [0, 0.05) is 6.61 Å². The van der Waals surface area contributed by atoms with Crippen molar-refractivity contribution in [1.29, 1.82) is 0 Å². The molecule has 2 aromatic heterocycles. The van der Waals surface area contributed by atoms with Crippen LogP contribution in [-0.4, -0.2) is 16.7 Å². The largest absolute Gasteiger partial charge is 0.390 e. The molecule has 0 fully saturated rings. The van der Waals surface area contributed by atoms with Crippen LogP contribution in [0.25, 0.3) is 11.5 Å². The molecule has 0 saturated heterocycles. The van der Waals surface area contributed by atoms with E-state index in [0.29, 0.717) is 23.3 Å². The maximum absolute atomic E-state index is 5.83. The van der Waals surface area contributed by atoms with Crippen LogP contribution < -0.4 is 5.73 Å². The number of nitrogen functional groups attached to an aromatic ring is 1. The van der Waals surface area contributed by atoms with Gasteiger partial charge in [0.05, 0.1) is 10.6 Å². The Morgan fingerprint density at radius 1 is 1.50 bits per heavy atom. The summed E-state index contributed by atoms with van der Waals surface area (Å²) in [5.74, 6) is 1.06. The highest BCUT2D eigenvalue weighted by atomic mass is 32.1. The summed E-state index contributed by atoms with van der Waals surface area (Å²) in [4.78, 5) is 4.38. The summed E-state index contributed by atoms with van der Waals surface area (Å²) >= 11 is 1.46. The van der Waals surface area contributed by atoms with Gasteiger partial charge in [-0.25, -0.2) is 0 Å². The summed E-state index contributed by atoms with van der Waals surface area (Å²) in [6.07, 6.45) is 1.79. The second kappa shape index (κ2) is 5.97. The molecule has 0 aliphatic heterocycles. The fourth-order valence-corrected chi connectivity index (χ4v) is 2.36. The highest BCUT2D eigenvalue weighted by molar-refractivity contribution is 7.14. The summed E-state index contributed by atoms with van der Waals surface area (Å²) in [5.41, 5.74) is 6.63. The second-order valence-electron chi connectivity index (χ2n) is 3.89. The van der Waals surface area contributed by atoms with E-state index < -0.39 is 0 Å². The van der Waals surface area contributed by atoms with Crippen LogP contribution in [0.4, 0.5) is 5.00 Å². The molecule has 0 aliphatic carbocycles. The van der Waals surface area contributed by atoms with Crippen LogP contribution in [0.1, 0.15) is 38.6 Å². The van der Waals surface area contributed by atoms with E-state index in [4.69, 9.17) is 15.0 Å². The highest BCUT2D eigenvalue weighted by Crippen LogP contribution is 2.30. The maximum Gasteiger partial charge on any atom is 0.261 e. The van der Waals surface area contributed by atoms with Crippen LogP contribution in [0, 0.1) is 0 Å².